The van der Waals surface area contributed by atoms with Crippen LogP contribution in [-0.2, 0) is 10.8 Å². The lowest BCUT2D eigenvalue weighted by Gasteiger charge is -2.42. The second-order valence-electron chi connectivity index (χ2n) is 11.4. The zero-order valence-electron chi connectivity index (χ0n) is 21.9. The molecule has 0 spiro atoms. The van der Waals surface area contributed by atoms with Gasteiger partial charge >= 0.3 is 0 Å². The number of benzene rings is 1. The molecule has 186 valence electrons. The first-order chi connectivity index (χ1) is 16.2. The lowest BCUT2D eigenvalue weighted by molar-refractivity contribution is 0.242. The molecule has 0 radical (unpaired) electrons. The van der Waals surface area contributed by atoms with Crippen LogP contribution in [0.3, 0.4) is 0 Å². The van der Waals surface area contributed by atoms with Crippen LogP contribution in [0.4, 0.5) is 5.82 Å². The quantitative estimate of drug-likeness (QED) is 0.530. The van der Waals surface area contributed by atoms with E-state index in [1.165, 1.54) is 24.0 Å². The van der Waals surface area contributed by atoms with Gasteiger partial charge in [0.25, 0.3) is 0 Å². The highest BCUT2D eigenvalue weighted by Gasteiger charge is 2.37. The molecule has 0 bridgehead atoms. The van der Waals surface area contributed by atoms with E-state index in [-0.39, 0.29) is 10.8 Å². The zero-order valence-corrected chi connectivity index (χ0v) is 21.9. The zero-order chi connectivity index (χ0) is 24.3. The van der Waals surface area contributed by atoms with Gasteiger partial charge < -0.3 is 14.7 Å². The molecule has 5 heteroatoms. The van der Waals surface area contributed by atoms with Crippen molar-refractivity contribution in [3.8, 4) is 17.0 Å². The number of hydrogen-bond acceptors (Lipinski definition) is 5. The molecule has 1 saturated heterocycles. The first-order valence-corrected chi connectivity index (χ1v) is 13.0. The van der Waals surface area contributed by atoms with Gasteiger partial charge in [0, 0.05) is 38.3 Å². The van der Waals surface area contributed by atoms with E-state index in [9.17, 15) is 0 Å². The van der Waals surface area contributed by atoms with Gasteiger partial charge in [-0.05, 0) is 78.8 Å². The predicted molar refractivity (Wildman–Crippen MR) is 141 cm³/mol. The number of rotatable bonds is 8. The molecule has 2 aromatic rings. The van der Waals surface area contributed by atoms with Gasteiger partial charge in [0.2, 0.25) is 0 Å². The fourth-order valence-corrected chi connectivity index (χ4v) is 5.54. The molecule has 0 unspecified atom stereocenters. The van der Waals surface area contributed by atoms with E-state index in [1.54, 1.807) is 7.11 Å². The number of unbranched alkanes of at least 4 members (excludes halogenated alkanes) is 2. The van der Waals surface area contributed by atoms with Gasteiger partial charge in [-0.3, -0.25) is 4.90 Å². The van der Waals surface area contributed by atoms with Gasteiger partial charge in [0.1, 0.15) is 17.3 Å². The number of aromatic nitrogens is 1. The van der Waals surface area contributed by atoms with E-state index in [2.05, 4.69) is 67.8 Å². The van der Waals surface area contributed by atoms with Gasteiger partial charge in [-0.25, -0.2) is 4.98 Å². The van der Waals surface area contributed by atoms with Gasteiger partial charge in [-0.2, -0.15) is 0 Å². The molecule has 0 saturated carbocycles. The highest BCUT2D eigenvalue weighted by atomic mass is 16.5. The highest BCUT2D eigenvalue weighted by molar-refractivity contribution is 5.70. The molecule has 1 aliphatic heterocycles. The summed E-state index contributed by atoms with van der Waals surface area (Å²) < 4.78 is 5.75. The summed E-state index contributed by atoms with van der Waals surface area (Å²) in [5.41, 5.74) is 5.38. The lowest BCUT2D eigenvalue weighted by Crippen LogP contribution is -2.46. The maximum atomic E-state index is 8.98. The minimum absolute atomic E-state index is 0.166. The van der Waals surface area contributed by atoms with Crippen LogP contribution in [0.5, 0.6) is 5.75 Å². The fraction of sp³-hybridized carbons (Fsp3) is 0.621. The standard InChI is InChI=1S/C29H43N3O2/c1-28(2)13-14-29(3,4)24-21-22(9-10-23(24)28)27-25(34-5)11-12-26(30-27)32-18-16-31(17-19-32)15-7-6-8-20-33/h9-12,21,33H,6-8,13-20H2,1-5H3. The Balaban J connectivity index is 1.55. The van der Waals surface area contributed by atoms with E-state index in [0.717, 1.165) is 74.8 Å². The molecule has 2 aliphatic rings. The number of aliphatic hydroxyl groups excluding tert-OH is 1. The van der Waals surface area contributed by atoms with E-state index < -0.39 is 0 Å². The van der Waals surface area contributed by atoms with Crippen molar-refractivity contribution in [2.24, 2.45) is 0 Å². The predicted octanol–water partition coefficient (Wildman–Crippen LogP) is 5.39. The molecule has 0 atom stereocenters. The SMILES string of the molecule is COc1ccc(N2CCN(CCCCCO)CC2)nc1-c1ccc2c(c1)C(C)(C)CCC2(C)C. The smallest absolute Gasteiger partial charge is 0.145 e. The molecule has 2 heterocycles. The van der Waals surface area contributed by atoms with Crippen molar-refractivity contribution in [2.75, 3.05) is 51.3 Å². The van der Waals surface area contributed by atoms with Crippen LogP contribution in [0.25, 0.3) is 11.3 Å². The Morgan fingerprint density at radius 1 is 0.882 bits per heavy atom. The van der Waals surface area contributed by atoms with Crippen molar-refractivity contribution in [2.45, 2.75) is 70.6 Å². The van der Waals surface area contributed by atoms with Crippen molar-refractivity contribution in [3.05, 3.63) is 41.5 Å². The second-order valence-corrected chi connectivity index (χ2v) is 11.4. The summed E-state index contributed by atoms with van der Waals surface area (Å²) in [6.45, 7) is 15.0. The van der Waals surface area contributed by atoms with Crippen LogP contribution in [0.2, 0.25) is 0 Å². The summed E-state index contributed by atoms with van der Waals surface area (Å²) in [7, 11) is 1.74. The molecular weight excluding hydrogens is 422 g/mol. The van der Waals surface area contributed by atoms with Gasteiger partial charge in [-0.15, -0.1) is 0 Å². The Kier molecular flexibility index (Phi) is 7.54. The third-order valence-electron chi connectivity index (χ3n) is 8.02. The number of hydrogen-bond donors (Lipinski definition) is 1. The number of anilines is 1. The molecule has 34 heavy (non-hydrogen) atoms. The number of aliphatic hydroxyl groups is 1. The molecule has 1 fully saturated rings. The van der Waals surface area contributed by atoms with Crippen LogP contribution in [-0.4, -0.2) is 61.4 Å². The Morgan fingerprint density at radius 2 is 1.59 bits per heavy atom. The monoisotopic (exact) mass is 465 g/mol. The second kappa shape index (κ2) is 10.2. The summed E-state index contributed by atoms with van der Waals surface area (Å²) >= 11 is 0. The third-order valence-corrected chi connectivity index (χ3v) is 8.02. The Morgan fingerprint density at radius 3 is 2.26 bits per heavy atom. The number of fused-ring (bicyclic) bond motifs is 1. The van der Waals surface area contributed by atoms with Gasteiger partial charge in [0.15, 0.2) is 0 Å². The molecule has 1 aromatic carbocycles. The maximum Gasteiger partial charge on any atom is 0.145 e. The van der Waals surface area contributed by atoms with Crippen molar-refractivity contribution in [1.29, 1.82) is 0 Å². The van der Waals surface area contributed by atoms with E-state index in [4.69, 9.17) is 14.8 Å². The Labute approximate surface area is 206 Å². The van der Waals surface area contributed by atoms with Crippen molar-refractivity contribution < 1.29 is 9.84 Å². The molecule has 4 rings (SSSR count). The van der Waals surface area contributed by atoms with Crippen molar-refractivity contribution in [1.82, 2.24) is 9.88 Å². The van der Waals surface area contributed by atoms with Gasteiger partial charge in [0.05, 0.1) is 7.11 Å². The molecule has 1 aliphatic carbocycles. The van der Waals surface area contributed by atoms with Gasteiger partial charge in [-0.1, -0.05) is 39.8 Å². The molecule has 5 nitrogen and oxygen atoms in total. The average molecular weight is 466 g/mol. The number of ether oxygens (including phenoxy) is 1. The van der Waals surface area contributed by atoms with Crippen LogP contribution in [0.15, 0.2) is 30.3 Å². The summed E-state index contributed by atoms with van der Waals surface area (Å²) in [5, 5.41) is 8.98. The number of piperazine rings is 1. The largest absolute Gasteiger partial charge is 0.494 e. The number of methoxy groups -OCH3 is 1. The topological polar surface area (TPSA) is 48.8 Å². The minimum Gasteiger partial charge on any atom is -0.494 e. The third kappa shape index (κ3) is 5.26. The lowest BCUT2D eigenvalue weighted by atomic mass is 9.63. The van der Waals surface area contributed by atoms with Crippen LogP contribution in [0, 0.1) is 0 Å². The number of nitrogens with zero attached hydrogens (tertiary/aromatic N) is 3. The fourth-order valence-electron chi connectivity index (χ4n) is 5.54. The molecular formula is C29H43N3O2. The van der Waals surface area contributed by atoms with E-state index in [1.807, 2.05) is 0 Å². The molecule has 1 aromatic heterocycles. The molecule has 0 amide bonds. The van der Waals surface area contributed by atoms with Crippen LogP contribution < -0.4 is 9.64 Å². The number of pyridine rings is 1. The Hall–Kier alpha value is -2.11. The minimum atomic E-state index is 0.166. The summed E-state index contributed by atoms with van der Waals surface area (Å²) in [4.78, 5) is 10.1. The molecule has 1 N–H and O–H groups in total. The van der Waals surface area contributed by atoms with E-state index >= 15 is 0 Å². The van der Waals surface area contributed by atoms with Crippen molar-refractivity contribution >= 4 is 5.82 Å². The summed E-state index contributed by atoms with van der Waals surface area (Å²) in [6, 6.07) is 11.1. The first-order valence-electron chi connectivity index (χ1n) is 13.0. The average Bonchev–Trinajstić information content (AvgIpc) is 2.84. The first kappa shape index (κ1) is 25.0. The Bertz CT molecular complexity index is 977. The van der Waals surface area contributed by atoms with Crippen molar-refractivity contribution in [3.63, 3.8) is 0 Å². The maximum absolute atomic E-state index is 8.98. The van der Waals surface area contributed by atoms with Crippen LogP contribution >= 0.6 is 0 Å². The van der Waals surface area contributed by atoms with E-state index in [0.29, 0.717) is 6.61 Å². The van der Waals surface area contributed by atoms with Crippen LogP contribution in [0.1, 0.15) is 70.9 Å². The summed E-state index contributed by atoms with van der Waals surface area (Å²) in [6.07, 6.45) is 5.60. The normalized spacial score (nSPS) is 19.6. The highest BCUT2D eigenvalue weighted by Crippen LogP contribution is 2.47. The summed E-state index contributed by atoms with van der Waals surface area (Å²) in [5.74, 6) is 1.87.